The van der Waals surface area contributed by atoms with Crippen LogP contribution in [0.2, 0.25) is 0 Å². The number of pyridine rings is 1. The van der Waals surface area contributed by atoms with Gasteiger partial charge in [0, 0.05) is 44.8 Å². The molecular formula is C16H20N6O2S. The molecule has 0 radical (unpaired) electrons. The van der Waals surface area contributed by atoms with Gasteiger partial charge in [0.1, 0.15) is 5.82 Å². The first kappa shape index (κ1) is 17.2. The predicted octanol–water partition coefficient (Wildman–Crippen LogP) is 1.18. The van der Waals surface area contributed by atoms with Crippen LogP contribution in [0.4, 0.5) is 15.7 Å². The summed E-state index contributed by atoms with van der Waals surface area (Å²) in [6.07, 6.45) is 1.99. The van der Waals surface area contributed by atoms with Crippen LogP contribution in [-0.4, -0.2) is 60.0 Å². The van der Waals surface area contributed by atoms with E-state index in [1.54, 1.807) is 23.5 Å². The number of carbonyl (C=O) groups excluding carboxylic acids is 2. The fourth-order valence-corrected chi connectivity index (χ4v) is 3.25. The summed E-state index contributed by atoms with van der Waals surface area (Å²) < 4.78 is 0. The third-order valence-electron chi connectivity index (χ3n) is 3.93. The van der Waals surface area contributed by atoms with Crippen LogP contribution in [0.1, 0.15) is 5.69 Å². The molecule has 2 aromatic rings. The lowest BCUT2D eigenvalue weighted by molar-refractivity contribution is -0.120. The molecule has 3 rings (SSSR count). The van der Waals surface area contributed by atoms with Gasteiger partial charge in [0.2, 0.25) is 5.91 Å². The number of nitrogens with one attached hydrogen (secondary N) is 2. The SMILES string of the molecule is CNC(=O)Cc1csc(NC(=O)N2CCN(c3ccccn3)CC2)n1. The van der Waals surface area contributed by atoms with Crippen LogP contribution in [0, 0.1) is 0 Å². The molecule has 132 valence electrons. The normalized spacial score (nSPS) is 14.3. The molecule has 1 aliphatic rings. The Morgan fingerprint density at radius 1 is 1.24 bits per heavy atom. The summed E-state index contributed by atoms with van der Waals surface area (Å²) in [6, 6.07) is 5.65. The number of likely N-dealkylation sites (N-methyl/N-ethyl adjacent to an activating group) is 1. The van der Waals surface area contributed by atoms with Crippen molar-refractivity contribution in [1.82, 2.24) is 20.2 Å². The molecule has 2 N–H and O–H groups in total. The Balaban J connectivity index is 1.50. The largest absolute Gasteiger partial charge is 0.359 e. The lowest BCUT2D eigenvalue weighted by Crippen LogP contribution is -2.50. The maximum Gasteiger partial charge on any atom is 0.323 e. The van der Waals surface area contributed by atoms with Crippen molar-refractivity contribution in [2.75, 3.05) is 43.4 Å². The van der Waals surface area contributed by atoms with Crippen molar-refractivity contribution in [1.29, 1.82) is 0 Å². The van der Waals surface area contributed by atoms with Gasteiger partial charge in [0.25, 0.3) is 0 Å². The third kappa shape index (κ3) is 4.44. The van der Waals surface area contributed by atoms with Crippen molar-refractivity contribution >= 4 is 34.2 Å². The van der Waals surface area contributed by atoms with Crippen LogP contribution in [-0.2, 0) is 11.2 Å². The Morgan fingerprint density at radius 2 is 2.04 bits per heavy atom. The lowest BCUT2D eigenvalue weighted by Gasteiger charge is -2.35. The van der Waals surface area contributed by atoms with Crippen LogP contribution in [0.5, 0.6) is 0 Å². The van der Waals surface area contributed by atoms with Gasteiger partial charge in [0.15, 0.2) is 5.13 Å². The van der Waals surface area contributed by atoms with Crippen LogP contribution in [0.15, 0.2) is 29.8 Å². The van der Waals surface area contributed by atoms with E-state index in [2.05, 4.69) is 25.5 Å². The number of anilines is 2. The zero-order valence-corrected chi connectivity index (χ0v) is 14.8. The molecule has 0 atom stereocenters. The minimum atomic E-state index is -0.165. The van der Waals surface area contributed by atoms with Gasteiger partial charge in [-0.05, 0) is 12.1 Å². The molecule has 0 aliphatic carbocycles. The smallest absolute Gasteiger partial charge is 0.323 e. The zero-order valence-electron chi connectivity index (χ0n) is 13.9. The molecule has 1 fully saturated rings. The fraction of sp³-hybridized carbons (Fsp3) is 0.375. The monoisotopic (exact) mass is 360 g/mol. The molecule has 9 heteroatoms. The van der Waals surface area contributed by atoms with Crippen molar-refractivity contribution < 1.29 is 9.59 Å². The Kier molecular flexibility index (Phi) is 5.44. The predicted molar refractivity (Wildman–Crippen MR) is 96.9 cm³/mol. The topological polar surface area (TPSA) is 90.5 Å². The highest BCUT2D eigenvalue weighted by Gasteiger charge is 2.22. The van der Waals surface area contributed by atoms with Gasteiger partial charge in [-0.25, -0.2) is 14.8 Å². The van der Waals surface area contributed by atoms with E-state index in [9.17, 15) is 9.59 Å². The number of urea groups is 1. The molecule has 8 nitrogen and oxygen atoms in total. The average molecular weight is 360 g/mol. The molecule has 1 saturated heterocycles. The number of aromatic nitrogens is 2. The number of hydrogen-bond acceptors (Lipinski definition) is 6. The van der Waals surface area contributed by atoms with Crippen LogP contribution in [0.25, 0.3) is 0 Å². The Labute approximate surface area is 149 Å². The molecule has 0 spiro atoms. The van der Waals surface area contributed by atoms with Crippen molar-refractivity contribution in [2.24, 2.45) is 0 Å². The van der Waals surface area contributed by atoms with Gasteiger partial charge >= 0.3 is 6.03 Å². The number of nitrogens with zero attached hydrogens (tertiary/aromatic N) is 4. The van der Waals surface area contributed by atoms with Gasteiger partial charge in [-0.2, -0.15) is 0 Å². The second-order valence-corrected chi connectivity index (χ2v) is 6.44. The summed E-state index contributed by atoms with van der Waals surface area (Å²) in [5.74, 6) is 0.829. The van der Waals surface area contributed by atoms with E-state index in [1.165, 1.54) is 11.3 Å². The summed E-state index contributed by atoms with van der Waals surface area (Å²) in [4.78, 5) is 36.3. The highest BCUT2D eigenvalue weighted by molar-refractivity contribution is 7.13. The molecule has 0 bridgehead atoms. The summed E-state index contributed by atoms with van der Waals surface area (Å²) >= 11 is 1.32. The molecule has 0 saturated carbocycles. The summed E-state index contributed by atoms with van der Waals surface area (Å²) in [7, 11) is 1.59. The van der Waals surface area contributed by atoms with Gasteiger partial charge in [-0.3, -0.25) is 10.1 Å². The number of thiazole rings is 1. The fourth-order valence-electron chi connectivity index (χ4n) is 2.55. The molecule has 0 unspecified atom stereocenters. The Hall–Kier alpha value is -2.68. The summed E-state index contributed by atoms with van der Waals surface area (Å²) in [5.41, 5.74) is 0.652. The van der Waals surface area contributed by atoms with Crippen LogP contribution in [0.3, 0.4) is 0 Å². The number of piperazine rings is 1. The molecule has 2 aromatic heterocycles. The van der Waals surface area contributed by atoms with E-state index in [4.69, 9.17) is 0 Å². The maximum atomic E-state index is 12.4. The minimum Gasteiger partial charge on any atom is -0.359 e. The standard InChI is InChI=1S/C16H20N6O2S/c1-17-14(23)10-12-11-25-15(19-12)20-16(24)22-8-6-21(7-9-22)13-4-2-3-5-18-13/h2-5,11H,6-10H2,1H3,(H,17,23)(H,19,20,24). The van der Waals surface area contributed by atoms with Gasteiger partial charge in [-0.15, -0.1) is 11.3 Å². The molecule has 3 heterocycles. The van der Waals surface area contributed by atoms with E-state index in [-0.39, 0.29) is 18.4 Å². The molecular weight excluding hydrogens is 340 g/mol. The van der Waals surface area contributed by atoms with E-state index >= 15 is 0 Å². The minimum absolute atomic E-state index is 0.103. The highest BCUT2D eigenvalue weighted by Crippen LogP contribution is 2.17. The van der Waals surface area contributed by atoms with E-state index in [0.29, 0.717) is 23.9 Å². The van der Waals surface area contributed by atoms with Gasteiger partial charge in [0.05, 0.1) is 12.1 Å². The first-order valence-corrected chi connectivity index (χ1v) is 8.90. The Bertz CT molecular complexity index is 727. The van der Waals surface area contributed by atoms with Gasteiger partial charge in [-0.1, -0.05) is 6.07 Å². The molecule has 1 aliphatic heterocycles. The van der Waals surface area contributed by atoms with E-state index in [1.807, 2.05) is 18.2 Å². The molecule has 25 heavy (non-hydrogen) atoms. The second kappa shape index (κ2) is 7.93. The van der Waals surface area contributed by atoms with Crippen LogP contribution < -0.4 is 15.5 Å². The first-order chi connectivity index (χ1) is 12.2. The van der Waals surface area contributed by atoms with Crippen molar-refractivity contribution in [3.05, 3.63) is 35.5 Å². The number of rotatable bonds is 4. The second-order valence-electron chi connectivity index (χ2n) is 5.59. The molecule has 0 aromatic carbocycles. The number of carbonyl (C=O) groups is 2. The average Bonchev–Trinajstić information content (AvgIpc) is 3.09. The maximum absolute atomic E-state index is 12.4. The summed E-state index contributed by atoms with van der Waals surface area (Å²) in [5, 5.41) is 7.65. The Morgan fingerprint density at radius 3 is 2.72 bits per heavy atom. The quantitative estimate of drug-likeness (QED) is 0.854. The van der Waals surface area contributed by atoms with Crippen molar-refractivity contribution in [3.63, 3.8) is 0 Å². The zero-order chi connectivity index (χ0) is 17.6. The first-order valence-electron chi connectivity index (χ1n) is 8.02. The van der Waals surface area contributed by atoms with E-state index < -0.39 is 0 Å². The highest BCUT2D eigenvalue weighted by atomic mass is 32.1. The van der Waals surface area contributed by atoms with Crippen molar-refractivity contribution in [2.45, 2.75) is 6.42 Å². The molecule has 3 amide bonds. The number of amides is 3. The van der Waals surface area contributed by atoms with Crippen molar-refractivity contribution in [3.8, 4) is 0 Å². The van der Waals surface area contributed by atoms with Crippen LogP contribution >= 0.6 is 11.3 Å². The third-order valence-corrected chi connectivity index (χ3v) is 4.73. The number of hydrogen-bond donors (Lipinski definition) is 2. The van der Waals surface area contributed by atoms with Gasteiger partial charge < -0.3 is 15.1 Å². The summed E-state index contributed by atoms with van der Waals surface area (Å²) in [6.45, 7) is 2.73. The van der Waals surface area contributed by atoms with E-state index in [0.717, 1.165) is 18.9 Å². The lowest BCUT2D eigenvalue weighted by atomic mass is 10.3.